The van der Waals surface area contributed by atoms with Crippen molar-refractivity contribution in [3.05, 3.63) is 28.6 Å². The molecule has 2 aromatic heterocycles. The Labute approximate surface area is 102 Å². The van der Waals surface area contributed by atoms with Crippen molar-refractivity contribution >= 4 is 22.4 Å². The van der Waals surface area contributed by atoms with Crippen molar-refractivity contribution < 1.29 is 9.32 Å². The van der Waals surface area contributed by atoms with Gasteiger partial charge in [0, 0.05) is 17.4 Å². The molecule has 1 amide bonds. The van der Waals surface area contributed by atoms with E-state index in [9.17, 15) is 4.79 Å². The van der Waals surface area contributed by atoms with Crippen molar-refractivity contribution in [2.45, 2.75) is 25.7 Å². The zero-order valence-electron chi connectivity index (χ0n) is 9.27. The third-order valence-corrected chi connectivity index (χ3v) is 3.37. The molecule has 5 nitrogen and oxygen atoms in total. The second-order valence-corrected chi connectivity index (χ2v) is 4.99. The van der Waals surface area contributed by atoms with E-state index in [0.717, 1.165) is 5.69 Å². The molecule has 2 aromatic rings. The van der Waals surface area contributed by atoms with Crippen molar-refractivity contribution in [2.75, 3.05) is 5.32 Å². The molecule has 1 saturated carbocycles. The average molecular weight is 249 g/mol. The molecule has 2 heterocycles. The van der Waals surface area contributed by atoms with Crippen LogP contribution in [-0.4, -0.2) is 16.0 Å². The molecule has 0 aromatic carbocycles. The lowest BCUT2D eigenvalue weighted by atomic mass is 10.3. The van der Waals surface area contributed by atoms with Crippen molar-refractivity contribution in [2.24, 2.45) is 0 Å². The third kappa shape index (κ3) is 2.21. The van der Waals surface area contributed by atoms with Gasteiger partial charge >= 0.3 is 0 Å². The van der Waals surface area contributed by atoms with Crippen LogP contribution in [0.1, 0.15) is 40.7 Å². The molecule has 0 bridgehead atoms. The minimum absolute atomic E-state index is 0.279. The van der Waals surface area contributed by atoms with E-state index in [1.54, 1.807) is 13.0 Å². The zero-order chi connectivity index (χ0) is 11.8. The zero-order valence-corrected chi connectivity index (χ0v) is 10.1. The number of hydrogen-bond donors (Lipinski definition) is 1. The minimum atomic E-state index is -0.279. The van der Waals surface area contributed by atoms with E-state index in [0.29, 0.717) is 16.8 Å². The first-order valence-electron chi connectivity index (χ1n) is 5.42. The molecule has 88 valence electrons. The highest BCUT2D eigenvalue weighted by molar-refractivity contribution is 7.14. The normalized spacial score (nSPS) is 14.9. The Balaban J connectivity index is 1.71. The van der Waals surface area contributed by atoms with E-state index in [1.165, 1.54) is 24.2 Å². The summed E-state index contributed by atoms with van der Waals surface area (Å²) in [5.74, 6) is 0.942. The number of nitrogens with zero attached hydrogens (tertiary/aromatic N) is 2. The fourth-order valence-electron chi connectivity index (χ4n) is 1.54. The van der Waals surface area contributed by atoms with Gasteiger partial charge < -0.3 is 4.52 Å². The summed E-state index contributed by atoms with van der Waals surface area (Å²) in [6, 6.07) is 1.60. The van der Waals surface area contributed by atoms with Gasteiger partial charge in [0.1, 0.15) is 5.76 Å². The largest absolute Gasteiger partial charge is 0.361 e. The van der Waals surface area contributed by atoms with Gasteiger partial charge in [-0.25, -0.2) is 4.98 Å². The van der Waals surface area contributed by atoms with Gasteiger partial charge in [-0.1, -0.05) is 5.16 Å². The first kappa shape index (κ1) is 10.5. The number of rotatable bonds is 3. The summed E-state index contributed by atoms with van der Waals surface area (Å²) < 4.78 is 4.85. The van der Waals surface area contributed by atoms with E-state index in [4.69, 9.17) is 4.52 Å². The molecule has 0 unspecified atom stereocenters. The van der Waals surface area contributed by atoms with Crippen LogP contribution in [0, 0.1) is 6.92 Å². The highest BCUT2D eigenvalue weighted by Gasteiger charge is 2.26. The summed E-state index contributed by atoms with van der Waals surface area (Å²) in [6.07, 6.45) is 2.42. The molecule has 1 fully saturated rings. The van der Waals surface area contributed by atoms with Crippen LogP contribution in [0.4, 0.5) is 5.13 Å². The average Bonchev–Trinajstić information content (AvgIpc) is 2.90. The van der Waals surface area contributed by atoms with Crippen molar-refractivity contribution in [1.29, 1.82) is 0 Å². The van der Waals surface area contributed by atoms with E-state index in [1.807, 2.05) is 5.38 Å². The Kier molecular flexibility index (Phi) is 2.44. The van der Waals surface area contributed by atoms with Gasteiger partial charge in [-0.15, -0.1) is 11.3 Å². The van der Waals surface area contributed by atoms with Gasteiger partial charge in [-0.05, 0) is 19.8 Å². The smallest absolute Gasteiger partial charge is 0.279 e. The second kappa shape index (κ2) is 3.96. The van der Waals surface area contributed by atoms with Gasteiger partial charge in [0.05, 0.1) is 5.69 Å². The van der Waals surface area contributed by atoms with E-state index < -0.39 is 0 Å². The number of nitrogens with one attached hydrogen (secondary N) is 1. The molecule has 17 heavy (non-hydrogen) atoms. The van der Waals surface area contributed by atoms with Gasteiger partial charge in [0.15, 0.2) is 10.8 Å². The van der Waals surface area contributed by atoms with Crippen LogP contribution in [0.25, 0.3) is 0 Å². The number of hydrogen-bond acceptors (Lipinski definition) is 5. The van der Waals surface area contributed by atoms with Crippen LogP contribution in [-0.2, 0) is 0 Å². The van der Waals surface area contributed by atoms with Crippen LogP contribution in [0.5, 0.6) is 0 Å². The van der Waals surface area contributed by atoms with Gasteiger partial charge in [-0.3, -0.25) is 10.1 Å². The van der Waals surface area contributed by atoms with Crippen LogP contribution in [0.2, 0.25) is 0 Å². The fourth-order valence-corrected chi connectivity index (χ4v) is 2.33. The molecule has 3 rings (SSSR count). The Hall–Kier alpha value is -1.69. The predicted molar refractivity (Wildman–Crippen MR) is 63.3 cm³/mol. The predicted octanol–water partition coefficient (Wildman–Crippen LogP) is 2.57. The molecular formula is C11H11N3O2S. The number of carbonyl (C=O) groups is 1. The molecule has 0 radical (unpaired) electrons. The number of thiazole rings is 1. The molecule has 0 spiro atoms. The van der Waals surface area contributed by atoms with Gasteiger partial charge in [0.25, 0.3) is 5.91 Å². The first-order chi connectivity index (χ1) is 8.22. The lowest BCUT2D eigenvalue weighted by Crippen LogP contribution is -2.11. The number of aryl methyl sites for hydroxylation is 1. The summed E-state index contributed by atoms with van der Waals surface area (Å²) in [5, 5.41) is 9.00. The number of amides is 1. The molecule has 6 heteroatoms. The summed E-state index contributed by atoms with van der Waals surface area (Å²) in [7, 11) is 0. The van der Waals surface area contributed by atoms with Gasteiger partial charge in [-0.2, -0.15) is 0 Å². The third-order valence-electron chi connectivity index (χ3n) is 2.60. The topological polar surface area (TPSA) is 68.0 Å². The van der Waals surface area contributed by atoms with E-state index >= 15 is 0 Å². The molecule has 1 aliphatic carbocycles. The molecule has 1 N–H and O–H groups in total. The molecule has 0 atom stereocenters. The SMILES string of the molecule is Cc1cc(C(=O)Nc2nc(C3CC3)cs2)no1. The molecule has 0 saturated heterocycles. The first-order valence-corrected chi connectivity index (χ1v) is 6.30. The number of aromatic nitrogens is 2. The summed E-state index contributed by atoms with van der Waals surface area (Å²) >= 11 is 1.45. The lowest BCUT2D eigenvalue weighted by Gasteiger charge is -1.96. The minimum Gasteiger partial charge on any atom is -0.361 e. The Bertz CT molecular complexity index is 557. The fraction of sp³-hybridized carbons (Fsp3) is 0.364. The lowest BCUT2D eigenvalue weighted by molar-refractivity contribution is 0.101. The quantitative estimate of drug-likeness (QED) is 0.907. The standard InChI is InChI=1S/C11H11N3O2S/c1-6-4-8(14-16-6)10(15)13-11-12-9(5-17-11)7-2-3-7/h4-5,7H,2-3H2,1H3,(H,12,13,15). The Morgan fingerprint density at radius 2 is 2.41 bits per heavy atom. The Morgan fingerprint density at radius 1 is 1.59 bits per heavy atom. The highest BCUT2D eigenvalue weighted by atomic mass is 32.1. The maximum Gasteiger partial charge on any atom is 0.279 e. The van der Waals surface area contributed by atoms with E-state index in [-0.39, 0.29) is 11.6 Å². The maximum atomic E-state index is 11.8. The molecule has 1 aliphatic rings. The second-order valence-electron chi connectivity index (χ2n) is 4.13. The number of carbonyl (C=O) groups excluding carboxylic acids is 1. The van der Waals surface area contributed by atoms with Crippen LogP contribution < -0.4 is 5.32 Å². The maximum absolute atomic E-state index is 11.8. The van der Waals surface area contributed by atoms with Crippen molar-refractivity contribution in [3.63, 3.8) is 0 Å². The van der Waals surface area contributed by atoms with Gasteiger partial charge in [0.2, 0.25) is 0 Å². The molecule has 0 aliphatic heterocycles. The monoisotopic (exact) mass is 249 g/mol. The van der Waals surface area contributed by atoms with Crippen LogP contribution in [0.3, 0.4) is 0 Å². The van der Waals surface area contributed by atoms with Crippen LogP contribution >= 0.6 is 11.3 Å². The number of anilines is 1. The van der Waals surface area contributed by atoms with Crippen LogP contribution in [0.15, 0.2) is 16.0 Å². The summed E-state index contributed by atoms with van der Waals surface area (Å²) in [5.41, 5.74) is 1.37. The van der Waals surface area contributed by atoms with E-state index in [2.05, 4.69) is 15.5 Å². The summed E-state index contributed by atoms with van der Waals surface area (Å²) in [6.45, 7) is 1.75. The van der Waals surface area contributed by atoms with Crippen molar-refractivity contribution in [3.8, 4) is 0 Å². The molecular weight excluding hydrogens is 238 g/mol. The highest BCUT2D eigenvalue weighted by Crippen LogP contribution is 2.40. The van der Waals surface area contributed by atoms with Crippen molar-refractivity contribution in [1.82, 2.24) is 10.1 Å². The summed E-state index contributed by atoms with van der Waals surface area (Å²) in [4.78, 5) is 16.1. The Morgan fingerprint density at radius 3 is 3.06 bits per heavy atom.